The Labute approximate surface area is 125 Å². The fourth-order valence-corrected chi connectivity index (χ4v) is 2.13. The molecule has 0 unspecified atom stereocenters. The lowest BCUT2D eigenvalue weighted by molar-refractivity contribution is -0.116. The molecule has 0 bridgehead atoms. The van der Waals surface area contributed by atoms with Crippen LogP contribution >= 0.6 is 0 Å². The van der Waals surface area contributed by atoms with E-state index in [2.05, 4.69) is 25.7 Å². The summed E-state index contributed by atoms with van der Waals surface area (Å²) in [5, 5.41) is 13.1. The fraction of sp³-hybridized carbons (Fsp3) is 0.286. The number of rotatable bonds is 5. The second-order valence-corrected chi connectivity index (χ2v) is 4.84. The van der Waals surface area contributed by atoms with Crippen molar-refractivity contribution < 1.29 is 13.7 Å². The molecule has 0 saturated heterocycles. The van der Waals surface area contributed by atoms with E-state index in [4.69, 9.17) is 8.94 Å². The molecule has 3 aromatic heterocycles. The van der Waals surface area contributed by atoms with Crippen LogP contribution in [0, 0.1) is 13.8 Å². The predicted octanol–water partition coefficient (Wildman–Crippen LogP) is 2.24. The number of furan rings is 1. The minimum atomic E-state index is -0.176. The summed E-state index contributed by atoms with van der Waals surface area (Å²) in [7, 11) is 0. The first-order valence-electron chi connectivity index (χ1n) is 6.81. The van der Waals surface area contributed by atoms with Crippen LogP contribution in [0.2, 0.25) is 0 Å². The Morgan fingerprint density at radius 3 is 2.95 bits per heavy atom. The lowest BCUT2D eigenvalue weighted by atomic mass is 10.1. The summed E-state index contributed by atoms with van der Waals surface area (Å²) >= 11 is 0. The first-order valence-corrected chi connectivity index (χ1v) is 6.81. The van der Waals surface area contributed by atoms with Crippen LogP contribution in [0.1, 0.15) is 23.4 Å². The molecule has 0 atom stereocenters. The van der Waals surface area contributed by atoms with Crippen molar-refractivity contribution in [2.75, 3.05) is 5.32 Å². The molecule has 0 spiro atoms. The van der Waals surface area contributed by atoms with Gasteiger partial charge in [0.05, 0.1) is 12.0 Å². The minimum Gasteiger partial charge on any atom is -0.461 e. The van der Waals surface area contributed by atoms with Crippen LogP contribution in [0.15, 0.2) is 27.3 Å². The summed E-state index contributed by atoms with van der Waals surface area (Å²) in [4.78, 5) is 16.1. The van der Waals surface area contributed by atoms with E-state index in [1.165, 1.54) is 0 Å². The van der Waals surface area contributed by atoms with Crippen LogP contribution in [0.3, 0.4) is 0 Å². The first-order chi connectivity index (χ1) is 10.6. The van der Waals surface area contributed by atoms with Crippen LogP contribution < -0.4 is 5.32 Å². The molecule has 0 radical (unpaired) electrons. The van der Waals surface area contributed by atoms with Gasteiger partial charge in [-0.3, -0.25) is 15.2 Å². The lowest BCUT2D eigenvalue weighted by Crippen LogP contribution is -2.13. The van der Waals surface area contributed by atoms with Gasteiger partial charge in [0.1, 0.15) is 5.76 Å². The number of nitrogens with one attached hydrogen (secondary N) is 2. The Kier molecular flexibility index (Phi) is 3.73. The van der Waals surface area contributed by atoms with Crippen molar-refractivity contribution in [1.82, 2.24) is 20.3 Å². The number of aromatic nitrogens is 4. The van der Waals surface area contributed by atoms with Gasteiger partial charge in [0.25, 0.3) is 0 Å². The van der Waals surface area contributed by atoms with Gasteiger partial charge in [-0.15, -0.1) is 5.10 Å². The van der Waals surface area contributed by atoms with Gasteiger partial charge in [0.15, 0.2) is 11.6 Å². The van der Waals surface area contributed by atoms with Crippen LogP contribution in [0.5, 0.6) is 0 Å². The van der Waals surface area contributed by atoms with Crippen LogP contribution in [-0.2, 0) is 11.2 Å². The number of hydrogen-bond acceptors (Lipinski definition) is 6. The van der Waals surface area contributed by atoms with Crippen molar-refractivity contribution in [2.45, 2.75) is 26.7 Å². The highest BCUT2D eigenvalue weighted by Crippen LogP contribution is 2.17. The molecular weight excluding hydrogens is 286 g/mol. The SMILES string of the molecule is Cc1noc(C)c1CCC(=O)Nc1n[nH]c(-c2ccco2)n1. The van der Waals surface area contributed by atoms with E-state index < -0.39 is 0 Å². The minimum absolute atomic E-state index is 0.176. The van der Waals surface area contributed by atoms with Gasteiger partial charge in [-0.2, -0.15) is 4.98 Å². The summed E-state index contributed by atoms with van der Waals surface area (Å²) in [5.41, 5.74) is 1.77. The normalized spacial score (nSPS) is 10.8. The highest BCUT2D eigenvalue weighted by Gasteiger charge is 2.13. The Hall–Kier alpha value is -2.90. The number of hydrogen-bond donors (Lipinski definition) is 2. The molecule has 3 rings (SSSR count). The van der Waals surface area contributed by atoms with Gasteiger partial charge in [0.2, 0.25) is 11.9 Å². The van der Waals surface area contributed by atoms with Crippen molar-refractivity contribution >= 4 is 11.9 Å². The number of H-pyrrole nitrogens is 1. The number of carbonyl (C=O) groups excluding carboxylic acids is 1. The van der Waals surface area contributed by atoms with E-state index >= 15 is 0 Å². The maximum absolute atomic E-state index is 11.9. The second kappa shape index (κ2) is 5.84. The zero-order valence-corrected chi connectivity index (χ0v) is 12.2. The number of aryl methyl sites for hydroxylation is 2. The number of amides is 1. The summed E-state index contributed by atoms with van der Waals surface area (Å²) < 4.78 is 10.3. The van der Waals surface area contributed by atoms with Gasteiger partial charge in [-0.1, -0.05) is 5.16 Å². The molecule has 0 fully saturated rings. The molecular formula is C14H15N5O3. The average Bonchev–Trinajstić information content (AvgIpc) is 3.20. The molecule has 0 aliphatic carbocycles. The van der Waals surface area contributed by atoms with Crippen molar-refractivity contribution in [1.29, 1.82) is 0 Å². The molecule has 0 aliphatic rings. The molecule has 0 aromatic carbocycles. The second-order valence-electron chi connectivity index (χ2n) is 4.84. The van der Waals surface area contributed by atoms with E-state index in [0.717, 1.165) is 17.0 Å². The number of nitrogens with zero attached hydrogens (tertiary/aromatic N) is 3. The van der Waals surface area contributed by atoms with Crippen LogP contribution in [0.4, 0.5) is 5.95 Å². The smallest absolute Gasteiger partial charge is 0.249 e. The Morgan fingerprint density at radius 2 is 2.27 bits per heavy atom. The monoisotopic (exact) mass is 301 g/mol. The lowest BCUT2D eigenvalue weighted by Gasteiger charge is -2.00. The topological polar surface area (TPSA) is 110 Å². The summed E-state index contributed by atoms with van der Waals surface area (Å²) in [6.45, 7) is 3.69. The van der Waals surface area contributed by atoms with E-state index in [-0.39, 0.29) is 11.9 Å². The third-order valence-corrected chi connectivity index (χ3v) is 3.27. The molecule has 8 heteroatoms. The summed E-state index contributed by atoms with van der Waals surface area (Å²) in [6.07, 6.45) is 2.40. The molecule has 3 heterocycles. The van der Waals surface area contributed by atoms with E-state index in [0.29, 0.717) is 24.4 Å². The van der Waals surface area contributed by atoms with Crippen molar-refractivity contribution in [3.63, 3.8) is 0 Å². The predicted molar refractivity (Wildman–Crippen MR) is 77.0 cm³/mol. The molecule has 1 amide bonds. The highest BCUT2D eigenvalue weighted by molar-refractivity contribution is 5.89. The number of aromatic amines is 1. The molecule has 3 aromatic rings. The summed E-state index contributed by atoms with van der Waals surface area (Å²) in [6, 6.07) is 3.50. The van der Waals surface area contributed by atoms with Crippen LogP contribution in [0.25, 0.3) is 11.6 Å². The molecule has 0 aliphatic heterocycles. The van der Waals surface area contributed by atoms with Crippen molar-refractivity contribution in [3.8, 4) is 11.6 Å². The third-order valence-electron chi connectivity index (χ3n) is 3.27. The largest absolute Gasteiger partial charge is 0.461 e. The summed E-state index contributed by atoms with van der Waals surface area (Å²) in [5.74, 6) is 1.80. The number of carbonyl (C=O) groups is 1. The number of anilines is 1. The van der Waals surface area contributed by atoms with Gasteiger partial charge in [-0.05, 0) is 32.4 Å². The van der Waals surface area contributed by atoms with E-state index in [9.17, 15) is 4.79 Å². The van der Waals surface area contributed by atoms with Crippen molar-refractivity contribution in [2.24, 2.45) is 0 Å². The quantitative estimate of drug-likeness (QED) is 0.747. The zero-order valence-electron chi connectivity index (χ0n) is 12.2. The molecule has 8 nitrogen and oxygen atoms in total. The van der Waals surface area contributed by atoms with E-state index in [1.54, 1.807) is 18.4 Å². The van der Waals surface area contributed by atoms with Gasteiger partial charge < -0.3 is 8.94 Å². The Morgan fingerprint density at radius 1 is 1.41 bits per heavy atom. The van der Waals surface area contributed by atoms with Gasteiger partial charge in [0, 0.05) is 12.0 Å². The van der Waals surface area contributed by atoms with Crippen LogP contribution in [-0.4, -0.2) is 26.2 Å². The third kappa shape index (κ3) is 2.90. The average molecular weight is 301 g/mol. The molecule has 0 saturated carbocycles. The Balaban J connectivity index is 1.58. The highest BCUT2D eigenvalue weighted by atomic mass is 16.5. The molecule has 22 heavy (non-hydrogen) atoms. The maximum atomic E-state index is 11.9. The zero-order chi connectivity index (χ0) is 15.5. The van der Waals surface area contributed by atoms with E-state index in [1.807, 2.05) is 13.8 Å². The van der Waals surface area contributed by atoms with Gasteiger partial charge >= 0.3 is 0 Å². The first kappa shape index (κ1) is 14.1. The Bertz CT molecular complexity index is 753. The maximum Gasteiger partial charge on any atom is 0.249 e. The fourth-order valence-electron chi connectivity index (χ4n) is 2.13. The van der Waals surface area contributed by atoms with Crippen molar-refractivity contribution in [3.05, 3.63) is 35.4 Å². The molecule has 114 valence electrons. The molecule has 2 N–H and O–H groups in total. The standard InChI is InChI=1S/C14H15N5O3/c1-8-10(9(2)22-19-8)5-6-12(20)15-14-16-13(17-18-14)11-4-3-7-21-11/h3-4,7H,5-6H2,1-2H3,(H2,15,16,17,18,20). The van der Waals surface area contributed by atoms with Gasteiger partial charge in [-0.25, -0.2) is 0 Å².